The van der Waals surface area contributed by atoms with Crippen LogP contribution in [0.25, 0.3) is 0 Å². The third-order valence-electron chi connectivity index (χ3n) is 2.11. The Labute approximate surface area is 62.2 Å². The lowest BCUT2D eigenvalue weighted by Crippen LogP contribution is -2.41. The van der Waals surface area contributed by atoms with Crippen LogP contribution in [-0.4, -0.2) is 12.1 Å². The summed E-state index contributed by atoms with van der Waals surface area (Å²) in [7, 11) is 0. The molecule has 1 fully saturated rings. The summed E-state index contributed by atoms with van der Waals surface area (Å²) in [4.78, 5) is 0. The van der Waals surface area contributed by atoms with Crippen LogP contribution in [0.5, 0.6) is 0 Å². The maximum absolute atomic E-state index is 8.58. The lowest BCUT2D eigenvalue weighted by atomic mass is 9.92. The summed E-state index contributed by atoms with van der Waals surface area (Å²) in [6.07, 6.45) is 4.78. The van der Waals surface area contributed by atoms with Crippen LogP contribution in [0.2, 0.25) is 0 Å². The van der Waals surface area contributed by atoms with Gasteiger partial charge in [0.2, 0.25) is 0 Å². The molecule has 0 aromatic rings. The standard InChI is InChI=1S/C8H14N2/c1-2-7(6-9)10-8-4-3-5-8/h7-8,10H,2-5H2,1H3. The van der Waals surface area contributed by atoms with Crippen molar-refractivity contribution in [3.05, 3.63) is 0 Å². The highest BCUT2D eigenvalue weighted by Crippen LogP contribution is 2.18. The summed E-state index contributed by atoms with van der Waals surface area (Å²) in [6, 6.07) is 2.97. The van der Waals surface area contributed by atoms with Crippen molar-refractivity contribution in [1.29, 1.82) is 5.26 Å². The molecule has 1 saturated carbocycles. The smallest absolute Gasteiger partial charge is 0.0952 e. The van der Waals surface area contributed by atoms with E-state index in [9.17, 15) is 0 Å². The van der Waals surface area contributed by atoms with Crippen LogP contribution in [0.3, 0.4) is 0 Å². The second-order valence-corrected chi connectivity index (χ2v) is 2.88. The summed E-state index contributed by atoms with van der Waals surface area (Å²) >= 11 is 0. The van der Waals surface area contributed by atoms with Crippen molar-refractivity contribution < 1.29 is 0 Å². The van der Waals surface area contributed by atoms with Gasteiger partial charge in [-0.15, -0.1) is 0 Å². The molecule has 1 aliphatic carbocycles. The van der Waals surface area contributed by atoms with Crippen LogP contribution in [0, 0.1) is 11.3 Å². The molecule has 1 N–H and O–H groups in total. The van der Waals surface area contributed by atoms with Gasteiger partial charge >= 0.3 is 0 Å². The van der Waals surface area contributed by atoms with E-state index in [1.807, 2.05) is 6.92 Å². The molecule has 1 rings (SSSR count). The Bertz CT molecular complexity index is 133. The summed E-state index contributed by atoms with van der Waals surface area (Å²) in [5.41, 5.74) is 0. The molecule has 0 aromatic heterocycles. The minimum atomic E-state index is 0.0882. The monoisotopic (exact) mass is 138 g/mol. The summed E-state index contributed by atoms with van der Waals surface area (Å²) in [6.45, 7) is 2.04. The molecular weight excluding hydrogens is 124 g/mol. The Hall–Kier alpha value is -0.550. The lowest BCUT2D eigenvalue weighted by molar-refractivity contribution is 0.321. The van der Waals surface area contributed by atoms with Gasteiger partial charge in [-0.1, -0.05) is 13.3 Å². The average Bonchev–Trinajstić information content (AvgIpc) is 1.87. The second kappa shape index (κ2) is 3.58. The highest BCUT2D eigenvalue weighted by molar-refractivity contribution is 4.92. The fourth-order valence-electron chi connectivity index (χ4n) is 1.11. The quantitative estimate of drug-likeness (QED) is 0.640. The lowest BCUT2D eigenvalue weighted by Gasteiger charge is -2.28. The topological polar surface area (TPSA) is 35.8 Å². The van der Waals surface area contributed by atoms with Crippen LogP contribution in [0.15, 0.2) is 0 Å². The first-order valence-corrected chi connectivity index (χ1v) is 4.02. The maximum atomic E-state index is 8.58. The van der Waals surface area contributed by atoms with Crippen molar-refractivity contribution in [2.45, 2.75) is 44.7 Å². The molecule has 0 saturated heterocycles. The van der Waals surface area contributed by atoms with E-state index in [1.54, 1.807) is 0 Å². The highest BCUT2D eigenvalue weighted by atomic mass is 15.0. The van der Waals surface area contributed by atoms with Gasteiger partial charge in [0.25, 0.3) is 0 Å². The van der Waals surface area contributed by atoms with E-state index >= 15 is 0 Å². The number of hydrogen-bond donors (Lipinski definition) is 1. The maximum Gasteiger partial charge on any atom is 0.0952 e. The molecule has 0 amide bonds. The molecule has 0 spiro atoms. The van der Waals surface area contributed by atoms with E-state index < -0.39 is 0 Å². The molecule has 2 nitrogen and oxygen atoms in total. The number of nitriles is 1. The largest absolute Gasteiger partial charge is 0.299 e. The van der Waals surface area contributed by atoms with E-state index in [1.165, 1.54) is 19.3 Å². The molecule has 1 aliphatic rings. The molecule has 0 heterocycles. The predicted octanol–water partition coefficient (Wildman–Crippen LogP) is 1.43. The molecule has 0 radical (unpaired) electrons. The van der Waals surface area contributed by atoms with Gasteiger partial charge in [-0.05, 0) is 19.3 Å². The van der Waals surface area contributed by atoms with Crippen molar-refractivity contribution in [3.63, 3.8) is 0 Å². The predicted molar refractivity (Wildman–Crippen MR) is 40.5 cm³/mol. The first-order chi connectivity index (χ1) is 4.86. The summed E-state index contributed by atoms with van der Waals surface area (Å²) in [5.74, 6) is 0. The van der Waals surface area contributed by atoms with Gasteiger partial charge in [0.15, 0.2) is 0 Å². The van der Waals surface area contributed by atoms with Crippen LogP contribution < -0.4 is 5.32 Å². The van der Waals surface area contributed by atoms with Gasteiger partial charge in [0.1, 0.15) is 0 Å². The second-order valence-electron chi connectivity index (χ2n) is 2.88. The number of rotatable bonds is 3. The first-order valence-electron chi connectivity index (χ1n) is 4.02. The molecule has 10 heavy (non-hydrogen) atoms. The minimum absolute atomic E-state index is 0.0882. The third kappa shape index (κ3) is 1.71. The molecule has 2 heteroatoms. The zero-order chi connectivity index (χ0) is 7.40. The molecule has 0 bridgehead atoms. The van der Waals surface area contributed by atoms with Gasteiger partial charge < -0.3 is 0 Å². The fraction of sp³-hybridized carbons (Fsp3) is 0.875. The molecule has 0 aromatic carbocycles. The van der Waals surface area contributed by atoms with Gasteiger partial charge in [-0.2, -0.15) is 5.26 Å². The molecule has 56 valence electrons. The third-order valence-corrected chi connectivity index (χ3v) is 2.11. The number of nitrogens with one attached hydrogen (secondary N) is 1. The summed E-state index contributed by atoms with van der Waals surface area (Å²) < 4.78 is 0. The van der Waals surface area contributed by atoms with Gasteiger partial charge in [-0.25, -0.2) is 0 Å². The average molecular weight is 138 g/mol. The van der Waals surface area contributed by atoms with E-state index in [0.717, 1.165) is 6.42 Å². The van der Waals surface area contributed by atoms with Crippen molar-refractivity contribution >= 4 is 0 Å². The highest BCUT2D eigenvalue weighted by Gasteiger charge is 2.19. The Morgan fingerprint density at radius 3 is 2.70 bits per heavy atom. The van der Waals surface area contributed by atoms with Gasteiger partial charge in [-0.3, -0.25) is 5.32 Å². The zero-order valence-electron chi connectivity index (χ0n) is 6.43. The zero-order valence-corrected chi connectivity index (χ0v) is 6.43. The normalized spacial score (nSPS) is 21.2. The van der Waals surface area contributed by atoms with Crippen molar-refractivity contribution in [2.24, 2.45) is 0 Å². The Kier molecular flexibility index (Phi) is 2.70. The van der Waals surface area contributed by atoms with Gasteiger partial charge in [0.05, 0.1) is 12.1 Å². The van der Waals surface area contributed by atoms with E-state index in [2.05, 4.69) is 11.4 Å². The number of hydrogen-bond acceptors (Lipinski definition) is 2. The van der Waals surface area contributed by atoms with Crippen molar-refractivity contribution in [3.8, 4) is 6.07 Å². The number of nitrogens with zero attached hydrogens (tertiary/aromatic N) is 1. The SMILES string of the molecule is CCC(C#N)NC1CCC1. The van der Waals surface area contributed by atoms with E-state index in [0.29, 0.717) is 6.04 Å². The summed E-state index contributed by atoms with van der Waals surface area (Å²) in [5, 5.41) is 11.9. The molecular formula is C8H14N2. The Morgan fingerprint density at radius 2 is 2.40 bits per heavy atom. The van der Waals surface area contributed by atoms with Crippen LogP contribution in [0.1, 0.15) is 32.6 Å². The Balaban J connectivity index is 2.15. The Morgan fingerprint density at radius 1 is 1.70 bits per heavy atom. The first kappa shape index (κ1) is 7.56. The van der Waals surface area contributed by atoms with Crippen molar-refractivity contribution in [1.82, 2.24) is 5.32 Å². The van der Waals surface area contributed by atoms with Crippen LogP contribution in [0.4, 0.5) is 0 Å². The van der Waals surface area contributed by atoms with E-state index in [4.69, 9.17) is 5.26 Å². The minimum Gasteiger partial charge on any atom is -0.299 e. The fourth-order valence-corrected chi connectivity index (χ4v) is 1.11. The van der Waals surface area contributed by atoms with Crippen LogP contribution >= 0.6 is 0 Å². The molecule has 1 atom stereocenters. The molecule has 1 unspecified atom stereocenters. The van der Waals surface area contributed by atoms with Gasteiger partial charge in [0, 0.05) is 6.04 Å². The van der Waals surface area contributed by atoms with E-state index in [-0.39, 0.29) is 6.04 Å². The van der Waals surface area contributed by atoms with Crippen molar-refractivity contribution in [2.75, 3.05) is 0 Å². The van der Waals surface area contributed by atoms with Crippen LogP contribution in [-0.2, 0) is 0 Å². The molecule has 0 aliphatic heterocycles.